The van der Waals surface area contributed by atoms with Crippen LogP contribution in [0.4, 0.5) is 11.4 Å². The summed E-state index contributed by atoms with van der Waals surface area (Å²) < 4.78 is 0. The third-order valence-electron chi connectivity index (χ3n) is 3.00. The van der Waals surface area contributed by atoms with Gasteiger partial charge in [-0.2, -0.15) is 0 Å². The van der Waals surface area contributed by atoms with Crippen LogP contribution in [-0.2, 0) is 9.59 Å². The Hall–Kier alpha value is -2.39. The molecule has 0 aromatic heterocycles. The van der Waals surface area contributed by atoms with E-state index in [1.54, 1.807) is 12.3 Å². The summed E-state index contributed by atoms with van der Waals surface area (Å²) in [6, 6.07) is 4.55. The number of hydrogen-bond acceptors (Lipinski definition) is 7. The van der Waals surface area contributed by atoms with Crippen molar-refractivity contribution in [2.45, 2.75) is 4.90 Å². The van der Waals surface area contributed by atoms with Gasteiger partial charge in [0.05, 0.1) is 18.1 Å². The molecule has 1 aromatic carbocycles. The van der Waals surface area contributed by atoms with E-state index in [1.165, 1.54) is 23.9 Å². The quantitative estimate of drug-likeness (QED) is 0.347. The van der Waals surface area contributed by atoms with Crippen molar-refractivity contribution in [1.82, 2.24) is 4.90 Å². The van der Waals surface area contributed by atoms with E-state index < -0.39 is 16.7 Å². The Balaban J connectivity index is 2.28. The molecule has 8 nitrogen and oxygen atoms in total. The first-order valence-electron chi connectivity index (χ1n) is 6.25. The molecule has 22 heavy (non-hydrogen) atoms. The Bertz CT molecular complexity index is 674. The van der Waals surface area contributed by atoms with Crippen LogP contribution in [0.1, 0.15) is 0 Å². The summed E-state index contributed by atoms with van der Waals surface area (Å²) in [6.45, 7) is -0.464. The van der Waals surface area contributed by atoms with Gasteiger partial charge in [0.2, 0.25) is 0 Å². The van der Waals surface area contributed by atoms with Crippen molar-refractivity contribution in [3.63, 3.8) is 0 Å². The van der Waals surface area contributed by atoms with Crippen molar-refractivity contribution in [3.8, 4) is 0 Å². The maximum atomic E-state index is 12.0. The van der Waals surface area contributed by atoms with Gasteiger partial charge in [-0.1, -0.05) is 0 Å². The number of nitro groups is 1. The number of rotatable bonds is 6. The zero-order valence-corrected chi connectivity index (χ0v) is 12.4. The van der Waals surface area contributed by atoms with Gasteiger partial charge in [-0.05, 0) is 18.4 Å². The molecule has 2 N–H and O–H groups in total. The average Bonchev–Trinajstić information content (AvgIpc) is 2.75. The van der Waals surface area contributed by atoms with Gasteiger partial charge in [0.15, 0.2) is 0 Å². The fourth-order valence-corrected chi connectivity index (χ4v) is 2.38. The number of β-amino-alcohol motifs (C(OH)–C–C–N with tert-alkyl or cyclic N) is 1. The Morgan fingerprint density at radius 3 is 2.73 bits per heavy atom. The fourth-order valence-electron chi connectivity index (χ4n) is 1.95. The predicted octanol–water partition coefficient (Wildman–Crippen LogP) is 0.974. The van der Waals surface area contributed by atoms with Crippen molar-refractivity contribution in [3.05, 3.63) is 40.1 Å². The molecule has 9 heteroatoms. The lowest BCUT2D eigenvalue weighted by Crippen LogP contribution is -2.34. The number of hydrogen-bond donors (Lipinski definition) is 2. The Morgan fingerprint density at radius 1 is 1.41 bits per heavy atom. The van der Waals surface area contributed by atoms with Crippen molar-refractivity contribution >= 4 is 35.0 Å². The summed E-state index contributed by atoms with van der Waals surface area (Å²) in [4.78, 5) is 35.8. The van der Waals surface area contributed by atoms with E-state index in [0.29, 0.717) is 4.90 Å². The molecule has 0 radical (unpaired) electrons. The van der Waals surface area contributed by atoms with Crippen LogP contribution < -0.4 is 5.32 Å². The van der Waals surface area contributed by atoms with E-state index in [0.717, 1.165) is 11.0 Å². The van der Waals surface area contributed by atoms with E-state index >= 15 is 0 Å². The van der Waals surface area contributed by atoms with Crippen molar-refractivity contribution in [2.24, 2.45) is 0 Å². The van der Waals surface area contributed by atoms with Crippen LogP contribution >= 0.6 is 11.8 Å². The number of nitro benzene ring substituents is 1. The van der Waals surface area contributed by atoms with Crippen LogP contribution in [-0.4, -0.2) is 46.2 Å². The zero-order chi connectivity index (χ0) is 16.3. The second-order valence-corrected chi connectivity index (χ2v) is 5.22. The summed E-state index contributed by atoms with van der Waals surface area (Å²) in [5.41, 5.74) is -0.117. The first-order chi connectivity index (χ1) is 10.5. The van der Waals surface area contributed by atoms with Crippen molar-refractivity contribution in [2.75, 3.05) is 24.7 Å². The van der Waals surface area contributed by atoms with E-state index in [4.69, 9.17) is 5.11 Å². The normalized spacial score (nSPS) is 14.3. The summed E-state index contributed by atoms with van der Waals surface area (Å²) >= 11 is 1.36. The minimum absolute atomic E-state index is 0.0570. The summed E-state index contributed by atoms with van der Waals surface area (Å²) in [6.07, 6.45) is 2.85. The van der Waals surface area contributed by atoms with Gasteiger partial charge in [-0.25, -0.2) is 0 Å². The van der Waals surface area contributed by atoms with Gasteiger partial charge in [0, 0.05) is 17.0 Å². The monoisotopic (exact) mass is 323 g/mol. The topological polar surface area (TPSA) is 113 Å². The molecule has 0 atom stereocenters. The van der Waals surface area contributed by atoms with Crippen molar-refractivity contribution < 1.29 is 19.6 Å². The Labute approximate surface area is 129 Å². The number of thioether (sulfide) groups is 1. The molecule has 0 unspecified atom stereocenters. The molecular formula is C13H13N3O5S. The second-order valence-electron chi connectivity index (χ2n) is 4.34. The van der Waals surface area contributed by atoms with Gasteiger partial charge in [-0.3, -0.25) is 24.6 Å². The lowest BCUT2D eigenvalue weighted by molar-refractivity contribution is -0.384. The van der Waals surface area contributed by atoms with Gasteiger partial charge in [0.1, 0.15) is 11.4 Å². The SMILES string of the molecule is CSc1ccc(NC2=CC(=O)N(CCO)C2=O)c([N+](=O)[O-])c1. The van der Waals surface area contributed by atoms with E-state index in [9.17, 15) is 19.7 Å². The molecule has 0 aliphatic carbocycles. The third kappa shape index (κ3) is 3.10. The lowest BCUT2D eigenvalue weighted by atomic mass is 10.2. The highest BCUT2D eigenvalue weighted by Crippen LogP contribution is 2.31. The average molecular weight is 323 g/mol. The number of benzene rings is 1. The van der Waals surface area contributed by atoms with Crippen LogP contribution in [0.2, 0.25) is 0 Å². The van der Waals surface area contributed by atoms with Crippen LogP contribution in [0.15, 0.2) is 34.9 Å². The molecule has 0 bridgehead atoms. The molecule has 0 spiro atoms. The lowest BCUT2D eigenvalue weighted by Gasteiger charge is -2.13. The van der Waals surface area contributed by atoms with Crippen LogP contribution in [0, 0.1) is 10.1 Å². The maximum absolute atomic E-state index is 12.0. The molecule has 1 aliphatic heterocycles. The highest BCUT2D eigenvalue weighted by atomic mass is 32.2. The zero-order valence-electron chi connectivity index (χ0n) is 11.6. The number of nitrogens with one attached hydrogen (secondary N) is 1. The Kier molecular flexibility index (Phi) is 4.78. The number of amides is 2. The summed E-state index contributed by atoms with van der Waals surface area (Å²) in [5, 5.41) is 22.6. The highest BCUT2D eigenvalue weighted by Gasteiger charge is 2.31. The molecular weight excluding hydrogens is 310 g/mol. The second kappa shape index (κ2) is 6.58. The maximum Gasteiger partial charge on any atom is 0.293 e. The molecule has 2 amide bonds. The predicted molar refractivity (Wildman–Crippen MR) is 80.4 cm³/mol. The number of nitrogens with zero attached hydrogens (tertiary/aromatic N) is 2. The van der Waals surface area contributed by atoms with Crippen molar-refractivity contribution in [1.29, 1.82) is 0 Å². The minimum Gasteiger partial charge on any atom is -0.395 e. The van der Waals surface area contributed by atoms with Gasteiger partial charge >= 0.3 is 0 Å². The van der Waals surface area contributed by atoms with Gasteiger partial charge in [0.25, 0.3) is 17.5 Å². The molecule has 0 fully saturated rings. The fraction of sp³-hybridized carbons (Fsp3) is 0.231. The number of anilines is 1. The first kappa shape index (κ1) is 16.0. The summed E-state index contributed by atoms with van der Waals surface area (Å²) in [5.74, 6) is -1.19. The molecule has 2 rings (SSSR count). The number of imide groups is 1. The largest absolute Gasteiger partial charge is 0.395 e. The molecule has 1 aromatic rings. The molecule has 1 aliphatic rings. The first-order valence-corrected chi connectivity index (χ1v) is 7.48. The van der Waals surface area contributed by atoms with Crippen LogP contribution in [0.3, 0.4) is 0 Å². The van der Waals surface area contributed by atoms with E-state index in [-0.39, 0.29) is 30.2 Å². The Morgan fingerprint density at radius 2 is 2.14 bits per heavy atom. The molecule has 0 saturated carbocycles. The third-order valence-corrected chi connectivity index (χ3v) is 3.73. The van der Waals surface area contributed by atoms with Gasteiger partial charge in [-0.15, -0.1) is 11.8 Å². The minimum atomic E-state index is -0.623. The standard InChI is InChI=1S/C13H13N3O5S/c1-22-8-2-3-9(11(6-8)16(20)21)14-10-7-12(18)15(4-5-17)13(10)19/h2-3,6-7,14,17H,4-5H2,1H3. The number of carbonyl (C=O) groups is 2. The van der Waals surface area contributed by atoms with E-state index in [2.05, 4.69) is 5.32 Å². The molecule has 116 valence electrons. The molecule has 0 saturated heterocycles. The number of aliphatic hydroxyl groups excluding tert-OH is 1. The number of aliphatic hydroxyl groups is 1. The van der Waals surface area contributed by atoms with Crippen LogP contribution in [0.5, 0.6) is 0 Å². The molecule has 1 heterocycles. The van der Waals surface area contributed by atoms with Crippen LogP contribution in [0.25, 0.3) is 0 Å². The summed E-state index contributed by atoms with van der Waals surface area (Å²) in [7, 11) is 0. The highest BCUT2D eigenvalue weighted by molar-refractivity contribution is 7.98. The van der Waals surface area contributed by atoms with Gasteiger partial charge < -0.3 is 10.4 Å². The number of carbonyl (C=O) groups excluding carboxylic acids is 2. The van der Waals surface area contributed by atoms with E-state index in [1.807, 2.05) is 0 Å². The smallest absolute Gasteiger partial charge is 0.293 e.